The second-order valence-electron chi connectivity index (χ2n) is 4.24. The number of aromatic nitrogens is 3. The lowest BCUT2D eigenvalue weighted by Crippen LogP contribution is -2.14. The fourth-order valence-corrected chi connectivity index (χ4v) is 1.88. The van der Waals surface area contributed by atoms with Gasteiger partial charge in [0.15, 0.2) is 0 Å². The van der Waals surface area contributed by atoms with E-state index >= 15 is 0 Å². The molecule has 0 aliphatic rings. The summed E-state index contributed by atoms with van der Waals surface area (Å²) in [6.07, 6.45) is 4.21. The van der Waals surface area contributed by atoms with Crippen LogP contribution in [0.1, 0.15) is 23.0 Å². The molecule has 2 heterocycles. The third-order valence-electron chi connectivity index (χ3n) is 2.90. The molecule has 6 nitrogen and oxygen atoms in total. The van der Waals surface area contributed by atoms with Gasteiger partial charge in [-0.05, 0) is 25.1 Å². The number of carbonyl (C=O) groups excluding carboxylic acids is 1. The number of ether oxygens (including phenoxy) is 1. The van der Waals surface area contributed by atoms with Crippen molar-refractivity contribution in [1.29, 1.82) is 0 Å². The average molecular weight is 274 g/mol. The Morgan fingerprint density at radius 1 is 1.40 bits per heavy atom. The zero-order valence-corrected chi connectivity index (χ0v) is 11.7. The molecule has 0 unspecified atom stereocenters. The molecule has 0 saturated heterocycles. The van der Waals surface area contributed by atoms with E-state index in [1.165, 1.54) is 0 Å². The Hall–Kier alpha value is -2.37. The number of nitrogens with zero attached hydrogens (tertiary/aromatic N) is 3. The number of pyridine rings is 1. The Kier molecular flexibility index (Phi) is 4.70. The number of nitrogens with one attached hydrogen (secondary N) is 1. The molecule has 0 atom stereocenters. The van der Waals surface area contributed by atoms with Crippen LogP contribution >= 0.6 is 0 Å². The predicted molar refractivity (Wildman–Crippen MR) is 75.6 cm³/mol. The van der Waals surface area contributed by atoms with E-state index in [2.05, 4.69) is 15.4 Å². The maximum absolute atomic E-state index is 11.8. The fraction of sp³-hybridized carbons (Fsp3) is 0.357. The topological polar surface area (TPSA) is 69.0 Å². The smallest absolute Gasteiger partial charge is 0.341 e. The molecule has 0 bridgehead atoms. The van der Waals surface area contributed by atoms with Gasteiger partial charge in [-0.1, -0.05) is 0 Å². The minimum atomic E-state index is -0.358. The van der Waals surface area contributed by atoms with Crippen molar-refractivity contribution in [3.8, 4) is 0 Å². The van der Waals surface area contributed by atoms with Crippen LogP contribution in [0.4, 0.5) is 5.82 Å². The van der Waals surface area contributed by atoms with Crippen molar-refractivity contribution < 1.29 is 9.53 Å². The lowest BCUT2D eigenvalue weighted by Gasteiger charge is -2.10. The van der Waals surface area contributed by atoms with Crippen molar-refractivity contribution in [3.63, 3.8) is 0 Å². The zero-order chi connectivity index (χ0) is 14.4. The summed E-state index contributed by atoms with van der Waals surface area (Å²) in [6, 6.07) is 5.39. The molecule has 0 radical (unpaired) electrons. The first-order valence-electron chi connectivity index (χ1n) is 6.55. The molecule has 2 aromatic heterocycles. The van der Waals surface area contributed by atoms with Crippen molar-refractivity contribution in [2.45, 2.75) is 13.3 Å². The largest absolute Gasteiger partial charge is 0.462 e. The summed E-state index contributed by atoms with van der Waals surface area (Å²) < 4.78 is 6.83. The maximum atomic E-state index is 11.8. The lowest BCUT2D eigenvalue weighted by atomic mass is 10.2. The van der Waals surface area contributed by atoms with Crippen LogP contribution in [-0.4, -0.2) is 33.9 Å². The minimum absolute atomic E-state index is 0.349. The Morgan fingerprint density at radius 2 is 2.25 bits per heavy atom. The summed E-state index contributed by atoms with van der Waals surface area (Å²) in [7, 11) is 1.90. The summed E-state index contributed by atoms with van der Waals surface area (Å²) in [6.45, 7) is 2.80. The van der Waals surface area contributed by atoms with Crippen LogP contribution in [-0.2, 0) is 18.2 Å². The molecular formula is C14H18N4O2. The summed E-state index contributed by atoms with van der Waals surface area (Å²) in [5.74, 6) is 0.191. The highest BCUT2D eigenvalue weighted by Gasteiger charge is 2.12. The van der Waals surface area contributed by atoms with Crippen molar-refractivity contribution in [1.82, 2.24) is 14.8 Å². The second-order valence-corrected chi connectivity index (χ2v) is 4.24. The van der Waals surface area contributed by atoms with Crippen LogP contribution in [0, 0.1) is 0 Å². The van der Waals surface area contributed by atoms with E-state index in [-0.39, 0.29) is 5.97 Å². The van der Waals surface area contributed by atoms with Gasteiger partial charge in [-0.25, -0.2) is 9.78 Å². The van der Waals surface area contributed by atoms with Gasteiger partial charge in [0.2, 0.25) is 0 Å². The van der Waals surface area contributed by atoms with Crippen molar-refractivity contribution in [2.75, 3.05) is 18.5 Å². The zero-order valence-electron chi connectivity index (χ0n) is 11.7. The Labute approximate surface area is 117 Å². The summed E-state index contributed by atoms with van der Waals surface area (Å²) in [4.78, 5) is 16.0. The van der Waals surface area contributed by atoms with Gasteiger partial charge in [-0.15, -0.1) is 0 Å². The number of hydrogen-bond donors (Lipinski definition) is 1. The Morgan fingerprint density at radius 3 is 2.95 bits per heavy atom. The molecule has 0 aliphatic carbocycles. The summed E-state index contributed by atoms with van der Waals surface area (Å²) in [5, 5.41) is 7.28. The van der Waals surface area contributed by atoms with Gasteiger partial charge in [0.05, 0.1) is 6.61 Å². The van der Waals surface area contributed by atoms with E-state index in [4.69, 9.17) is 4.74 Å². The van der Waals surface area contributed by atoms with E-state index in [9.17, 15) is 4.79 Å². The monoisotopic (exact) mass is 274 g/mol. The highest BCUT2D eigenvalue weighted by molar-refractivity contribution is 5.94. The molecule has 20 heavy (non-hydrogen) atoms. The molecule has 1 N–H and O–H groups in total. The highest BCUT2D eigenvalue weighted by Crippen LogP contribution is 2.13. The second kappa shape index (κ2) is 6.70. The van der Waals surface area contributed by atoms with Crippen molar-refractivity contribution >= 4 is 11.8 Å². The van der Waals surface area contributed by atoms with Gasteiger partial charge in [-0.2, -0.15) is 5.10 Å². The van der Waals surface area contributed by atoms with Crippen LogP contribution < -0.4 is 5.32 Å². The number of rotatable bonds is 6. The number of carbonyl (C=O) groups is 1. The molecule has 0 aromatic carbocycles. The van der Waals surface area contributed by atoms with E-state index in [0.29, 0.717) is 24.5 Å². The van der Waals surface area contributed by atoms with Gasteiger partial charge in [0, 0.05) is 38.1 Å². The number of anilines is 1. The van der Waals surface area contributed by atoms with Gasteiger partial charge < -0.3 is 10.1 Å². The fourth-order valence-electron chi connectivity index (χ4n) is 1.88. The summed E-state index contributed by atoms with van der Waals surface area (Å²) in [5.41, 5.74) is 1.57. The molecule has 0 saturated carbocycles. The molecule has 6 heteroatoms. The number of hydrogen-bond acceptors (Lipinski definition) is 5. The Bertz CT molecular complexity index is 580. The maximum Gasteiger partial charge on any atom is 0.341 e. The molecular weight excluding hydrogens is 256 g/mol. The Balaban J connectivity index is 1.99. The SMILES string of the molecule is CCOC(=O)c1cccnc1NCCc1ccnn1C. The average Bonchev–Trinajstić information content (AvgIpc) is 2.85. The van der Waals surface area contributed by atoms with Crippen molar-refractivity contribution in [3.05, 3.63) is 41.9 Å². The first kappa shape index (κ1) is 14.0. The van der Waals surface area contributed by atoms with Gasteiger partial charge in [0.25, 0.3) is 0 Å². The number of esters is 1. The van der Waals surface area contributed by atoms with E-state index in [1.807, 2.05) is 17.8 Å². The van der Waals surface area contributed by atoms with Crippen molar-refractivity contribution in [2.24, 2.45) is 7.05 Å². The van der Waals surface area contributed by atoms with Crippen LogP contribution in [0.2, 0.25) is 0 Å². The first-order chi connectivity index (χ1) is 9.72. The summed E-state index contributed by atoms with van der Waals surface area (Å²) >= 11 is 0. The van der Waals surface area contributed by atoms with Gasteiger partial charge in [-0.3, -0.25) is 4.68 Å². The van der Waals surface area contributed by atoms with Gasteiger partial charge >= 0.3 is 5.97 Å². The van der Waals surface area contributed by atoms with Crippen LogP contribution in [0.25, 0.3) is 0 Å². The molecule has 106 valence electrons. The third kappa shape index (κ3) is 3.34. The standard InChI is InChI=1S/C14H18N4O2/c1-3-20-14(19)12-5-4-8-15-13(12)16-9-6-11-7-10-17-18(11)2/h4-5,7-8,10H,3,6,9H2,1-2H3,(H,15,16). The molecule has 2 aromatic rings. The minimum Gasteiger partial charge on any atom is -0.462 e. The predicted octanol–water partition coefficient (Wildman–Crippen LogP) is 1.65. The highest BCUT2D eigenvalue weighted by atomic mass is 16.5. The van der Waals surface area contributed by atoms with Crippen LogP contribution in [0.5, 0.6) is 0 Å². The van der Waals surface area contributed by atoms with E-state index < -0.39 is 0 Å². The van der Waals surface area contributed by atoms with E-state index in [1.54, 1.807) is 31.5 Å². The molecule has 2 rings (SSSR count). The molecule has 0 spiro atoms. The quantitative estimate of drug-likeness (QED) is 0.811. The normalized spacial score (nSPS) is 10.3. The first-order valence-corrected chi connectivity index (χ1v) is 6.55. The third-order valence-corrected chi connectivity index (χ3v) is 2.90. The molecule has 0 aliphatic heterocycles. The molecule has 0 amide bonds. The van der Waals surface area contributed by atoms with Crippen LogP contribution in [0.15, 0.2) is 30.6 Å². The number of aryl methyl sites for hydroxylation is 1. The lowest BCUT2D eigenvalue weighted by molar-refractivity contribution is 0.0527. The van der Waals surface area contributed by atoms with Crippen LogP contribution in [0.3, 0.4) is 0 Å². The molecule has 0 fully saturated rings. The van der Waals surface area contributed by atoms with Gasteiger partial charge in [0.1, 0.15) is 11.4 Å². The van der Waals surface area contributed by atoms with E-state index in [0.717, 1.165) is 12.1 Å².